The lowest BCUT2D eigenvalue weighted by molar-refractivity contribution is -0.310. The Labute approximate surface area is 189 Å². The van der Waals surface area contributed by atoms with E-state index in [9.17, 15) is 25.2 Å². The van der Waals surface area contributed by atoms with Gasteiger partial charge in [0.15, 0.2) is 6.29 Å². The highest BCUT2D eigenvalue weighted by Crippen LogP contribution is 2.28. The van der Waals surface area contributed by atoms with Crippen molar-refractivity contribution in [1.29, 1.82) is 0 Å². The Balaban J connectivity index is 1.65. The van der Waals surface area contributed by atoms with Crippen LogP contribution in [0.3, 0.4) is 0 Å². The molecule has 3 aromatic rings. The summed E-state index contributed by atoms with van der Waals surface area (Å²) in [5.41, 5.74) is 1.79. The number of aliphatic hydroxyl groups is 3. The summed E-state index contributed by atoms with van der Waals surface area (Å²) < 4.78 is 11.4. The molecule has 1 aliphatic rings. The van der Waals surface area contributed by atoms with Gasteiger partial charge in [-0.15, -0.1) is 0 Å². The minimum absolute atomic E-state index is 0.0719. The third-order valence-corrected chi connectivity index (χ3v) is 5.65. The highest BCUT2D eigenvalue weighted by atomic mass is 16.7. The zero-order chi connectivity index (χ0) is 23.9. The number of nitrogens with zero attached hydrogens (tertiary/aromatic N) is 2. The zero-order valence-electron chi connectivity index (χ0n) is 18.4. The predicted molar refractivity (Wildman–Crippen MR) is 121 cm³/mol. The molecule has 0 saturated carbocycles. The fourth-order valence-corrected chi connectivity index (χ4v) is 3.79. The third kappa shape index (κ3) is 4.59. The molecule has 5 atom stereocenters. The number of aromatic nitrogens is 2. The first-order chi connectivity index (χ1) is 15.6. The fraction of sp³-hybridized carbons (Fsp3) is 0.375. The molecule has 4 rings (SSSR count). The molecule has 0 bridgehead atoms. The van der Waals surface area contributed by atoms with Crippen LogP contribution >= 0.6 is 0 Å². The van der Waals surface area contributed by atoms with Crippen LogP contribution in [0.4, 0.5) is 0 Å². The van der Waals surface area contributed by atoms with Crippen molar-refractivity contribution in [3.05, 3.63) is 53.6 Å². The number of fused-ring (bicyclic) bond motifs is 2. The summed E-state index contributed by atoms with van der Waals surface area (Å²) in [6.45, 7) is 5.11. The first kappa shape index (κ1) is 23.2. The van der Waals surface area contributed by atoms with Crippen LogP contribution in [-0.4, -0.2) is 72.7 Å². The molecule has 0 aliphatic carbocycles. The topological polar surface area (TPSA) is 142 Å². The smallest absolute Gasteiger partial charge is 0.337 e. The molecule has 1 aromatic heterocycles. The molecule has 2 aromatic carbocycles. The Morgan fingerprint density at radius 3 is 2.36 bits per heavy atom. The summed E-state index contributed by atoms with van der Waals surface area (Å²) in [5.74, 6) is -1.08. The average Bonchev–Trinajstić information content (AvgIpc) is 2.77. The maximum atomic E-state index is 11.6. The molecule has 1 aliphatic heterocycles. The second-order valence-electron chi connectivity index (χ2n) is 8.65. The maximum absolute atomic E-state index is 11.6. The average molecular weight is 454 g/mol. The molecule has 33 heavy (non-hydrogen) atoms. The van der Waals surface area contributed by atoms with E-state index >= 15 is 0 Å². The van der Waals surface area contributed by atoms with Crippen molar-refractivity contribution in [2.24, 2.45) is 0 Å². The lowest BCUT2D eigenvalue weighted by Gasteiger charge is -2.41. The van der Waals surface area contributed by atoms with Crippen LogP contribution in [-0.2, 0) is 9.47 Å². The number of carbonyl (C=O) groups is 1. The summed E-state index contributed by atoms with van der Waals surface area (Å²) >= 11 is 0. The van der Waals surface area contributed by atoms with Gasteiger partial charge in [-0.2, -0.15) is 0 Å². The lowest BCUT2D eigenvalue weighted by atomic mass is 9.99. The summed E-state index contributed by atoms with van der Waals surface area (Å²) in [4.78, 5) is 20.8. The van der Waals surface area contributed by atoms with Crippen LogP contribution < -0.4 is 0 Å². The van der Waals surface area contributed by atoms with Crippen LogP contribution in [0.25, 0.3) is 28.1 Å². The number of carboxylic acids is 1. The normalized spacial score (nSPS) is 26.3. The number of rotatable bonds is 5. The van der Waals surface area contributed by atoms with Crippen molar-refractivity contribution in [2.45, 2.75) is 57.1 Å². The minimum atomic E-state index is -1.41. The Morgan fingerprint density at radius 1 is 1.00 bits per heavy atom. The van der Waals surface area contributed by atoms with Crippen LogP contribution in [0, 0.1) is 0 Å². The van der Waals surface area contributed by atoms with Crippen molar-refractivity contribution < 1.29 is 34.7 Å². The largest absolute Gasteiger partial charge is 0.478 e. The monoisotopic (exact) mass is 454 g/mol. The van der Waals surface area contributed by atoms with Gasteiger partial charge in [0.05, 0.1) is 33.8 Å². The molecule has 4 N–H and O–H groups in total. The molecule has 1 saturated heterocycles. The van der Waals surface area contributed by atoms with Crippen molar-refractivity contribution in [2.75, 3.05) is 0 Å². The van der Waals surface area contributed by atoms with E-state index in [4.69, 9.17) is 9.47 Å². The molecule has 9 heteroatoms. The van der Waals surface area contributed by atoms with E-state index < -0.39 is 42.3 Å². The second-order valence-corrected chi connectivity index (χ2v) is 8.65. The summed E-state index contributed by atoms with van der Waals surface area (Å²) in [6, 6.07) is 10.3. The van der Waals surface area contributed by atoms with Crippen LogP contribution in [0.15, 0.2) is 42.5 Å². The lowest BCUT2D eigenvalue weighted by Crippen LogP contribution is -2.58. The molecular weight excluding hydrogens is 428 g/mol. The molecule has 1 fully saturated rings. The third-order valence-electron chi connectivity index (χ3n) is 5.65. The van der Waals surface area contributed by atoms with Crippen molar-refractivity contribution in [3.8, 4) is 0 Å². The van der Waals surface area contributed by atoms with E-state index in [0.29, 0.717) is 27.6 Å². The van der Waals surface area contributed by atoms with Gasteiger partial charge < -0.3 is 29.9 Å². The van der Waals surface area contributed by atoms with E-state index in [0.717, 1.165) is 0 Å². The van der Waals surface area contributed by atoms with Gasteiger partial charge in [-0.3, -0.25) is 0 Å². The van der Waals surface area contributed by atoms with E-state index in [-0.39, 0.29) is 5.56 Å². The molecule has 5 unspecified atom stereocenters. The Bertz CT molecular complexity index is 1230. The Kier molecular flexibility index (Phi) is 6.17. The standard InChI is InChI=1S/C24H26N2O7/c1-12-19(27)20(28)21(29)23(32-12)33-24(2,3)11-10-13-6-4-8-15-17(13)26-18-14(22(30)31)7-5-9-16(18)25-15/h4-12,19-21,23,27-29H,1-3H3,(H,30,31). The van der Waals surface area contributed by atoms with Crippen LogP contribution in [0.2, 0.25) is 0 Å². The number of ether oxygens (including phenoxy) is 2. The first-order valence-corrected chi connectivity index (χ1v) is 10.6. The number of carboxylic acid groups (broad SMARTS) is 1. The van der Waals surface area contributed by atoms with E-state index in [1.807, 2.05) is 12.1 Å². The van der Waals surface area contributed by atoms with Gasteiger partial charge in [0.25, 0.3) is 0 Å². The van der Waals surface area contributed by atoms with Gasteiger partial charge in [-0.25, -0.2) is 14.8 Å². The number of hydrogen-bond acceptors (Lipinski definition) is 8. The Morgan fingerprint density at radius 2 is 1.67 bits per heavy atom. The number of aromatic carboxylic acids is 1. The summed E-state index contributed by atoms with van der Waals surface area (Å²) in [5, 5.41) is 39.6. The van der Waals surface area contributed by atoms with Gasteiger partial charge in [-0.05, 0) is 39.0 Å². The number of benzene rings is 2. The zero-order valence-corrected chi connectivity index (χ0v) is 18.4. The van der Waals surface area contributed by atoms with E-state index in [1.54, 1.807) is 51.1 Å². The highest BCUT2D eigenvalue weighted by Gasteiger charge is 2.44. The van der Waals surface area contributed by atoms with Gasteiger partial charge in [0, 0.05) is 5.56 Å². The predicted octanol–water partition coefficient (Wildman–Crippen LogP) is 2.12. The van der Waals surface area contributed by atoms with Gasteiger partial charge in [0.2, 0.25) is 0 Å². The molecule has 174 valence electrons. The number of hydrogen-bond donors (Lipinski definition) is 4. The summed E-state index contributed by atoms with van der Waals surface area (Å²) in [6.07, 6.45) is -2.33. The molecule has 9 nitrogen and oxygen atoms in total. The van der Waals surface area contributed by atoms with Crippen LogP contribution in [0.1, 0.15) is 36.7 Å². The molecular formula is C24H26N2O7. The SMILES string of the molecule is CC1OC(OC(C)(C)C=Cc2cccc3nc4cccc(C(=O)O)c4nc23)C(O)C(O)C1O. The Hall–Kier alpha value is -2.95. The maximum Gasteiger partial charge on any atom is 0.337 e. The number of para-hydroxylation sites is 2. The van der Waals surface area contributed by atoms with Crippen molar-refractivity contribution >= 4 is 34.1 Å². The molecule has 0 radical (unpaired) electrons. The quantitative estimate of drug-likeness (QED) is 0.426. The van der Waals surface area contributed by atoms with E-state index in [1.165, 1.54) is 6.07 Å². The second kappa shape index (κ2) is 8.77. The van der Waals surface area contributed by atoms with Crippen molar-refractivity contribution in [1.82, 2.24) is 9.97 Å². The first-order valence-electron chi connectivity index (χ1n) is 10.6. The molecule has 0 amide bonds. The highest BCUT2D eigenvalue weighted by molar-refractivity contribution is 6.03. The van der Waals surface area contributed by atoms with Gasteiger partial charge in [-0.1, -0.05) is 30.4 Å². The van der Waals surface area contributed by atoms with E-state index in [2.05, 4.69) is 9.97 Å². The van der Waals surface area contributed by atoms with Gasteiger partial charge >= 0.3 is 5.97 Å². The minimum Gasteiger partial charge on any atom is -0.478 e. The fourth-order valence-electron chi connectivity index (χ4n) is 3.79. The van der Waals surface area contributed by atoms with Crippen LogP contribution in [0.5, 0.6) is 0 Å². The van der Waals surface area contributed by atoms with Gasteiger partial charge in [0.1, 0.15) is 23.8 Å². The number of aliphatic hydroxyl groups excluding tert-OH is 3. The molecule has 0 spiro atoms. The summed E-state index contributed by atoms with van der Waals surface area (Å²) in [7, 11) is 0. The van der Waals surface area contributed by atoms with Crippen molar-refractivity contribution in [3.63, 3.8) is 0 Å². The molecule has 2 heterocycles.